The molecule has 0 fully saturated rings. The number of esters is 1. The Morgan fingerprint density at radius 3 is 2.94 bits per heavy atom. The van der Waals surface area contributed by atoms with Crippen molar-refractivity contribution in [1.82, 2.24) is 4.98 Å². The quantitative estimate of drug-likeness (QED) is 0.576. The van der Waals surface area contributed by atoms with E-state index in [9.17, 15) is 9.90 Å². The molecule has 0 aliphatic carbocycles. The summed E-state index contributed by atoms with van der Waals surface area (Å²) < 4.78 is 4.42. The van der Waals surface area contributed by atoms with E-state index in [4.69, 9.17) is 5.11 Å². The minimum atomic E-state index is -0.475. The van der Waals surface area contributed by atoms with Crippen molar-refractivity contribution in [3.8, 4) is 5.75 Å². The van der Waals surface area contributed by atoms with E-state index in [1.807, 2.05) is 0 Å². The van der Waals surface area contributed by atoms with E-state index in [2.05, 4.69) is 14.7 Å². The number of aromatic hydroxyl groups is 1. The first-order valence-electron chi connectivity index (χ1n) is 4.95. The summed E-state index contributed by atoms with van der Waals surface area (Å²) in [6.45, 7) is 1.23. The van der Waals surface area contributed by atoms with Crippen molar-refractivity contribution in [2.75, 3.05) is 13.7 Å². The largest absolute Gasteiger partial charge is 0.505 e. The van der Waals surface area contributed by atoms with Crippen LogP contribution in [0.25, 0.3) is 0 Å². The van der Waals surface area contributed by atoms with Gasteiger partial charge in [0.2, 0.25) is 0 Å². The van der Waals surface area contributed by atoms with Crippen LogP contribution in [0.1, 0.15) is 16.8 Å². The van der Waals surface area contributed by atoms with Crippen molar-refractivity contribution in [3.05, 3.63) is 23.0 Å². The second-order valence-electron chi connectivity index (χ2n) is 3.34. The zero-order valence-electron chi connectivity index (χ0n) is 9.67. The van der Waals surface area contributed by atoms with Crippen molar-refractivity contribution in [2.24, 2.45) is 4.99 Å². The summed E-state index contributed by atoms with van der Waals surface area (Å²) in [7, 11) is 1.27. The Morgan fingerprint density at radius 1 is 1.65 bits per heavy atom. The van der Waals surface area contributed by atoms with Crippen LogP contribution in [-0.2, 0) is 16.1 Å². The minimum absolute atomic E-state index is 0.0508. The maximum Gasteiger partial charge on any atom is 0.327 e. The Bertz CT molecular complexity index is 443. The number of aromatic nitrogens is 1. The predicted molar refractivity (Wildman–Crippen MR) is 61.0 cm³/mol. The van der Waals surface area contributed by atoms with Crippen molar-refractivity contribution in [2.45, 2.75) is 13.5 Å². The predicted octanol–water partition coefficient (Wildman–Crippen LogP) is 0.180. The van der Waals surface area contributed by atoms with E-state index in [-0.39, 0.29) is 18.9 Å². The van der Waals surface area contributed by atoms with E-state index in [0.29, 0.717) is 16.8 Å². The van der Waals surface area contributed by atoms with Gasteiger partial charge in [-0.15, -0.1) is 0 Å². The van der Waals surface area contributed by atoms with Crippen molar-refractivity contribution in [3.63, 3.8) is 0 Å². The van der Waals surface area contributed by atoms with E-state index in [0.717, 1.165) is 0 Å². The first-order chi connectivity index (χ1) is 8.10. The van der Waals surface area contributed by atoms with Gasteiger partial charge in [0.15, 0.2) is 0 Å². The number of carbonyl (C=O) groups is 1. The number of methoxy groups -OCH3 is 1. The molecular weight excluding hydrogens is 224 g/mol. The molecule has 6 nitrogen and oxygen atoms in total. The Hall–Kier alpha value is -1.95. The van der Waals surface area contributed by atoms with Gasteiger partial charge in [0, 0.05) is 23.5 Å². The number of carbonyl (C=O) groups excluding carboxylic acids is 1. The highest BCUT2D eigenvalue weighted by atomic mass is 16.5. The summed E-state index contributed by atoms with van der Waals surface area (Å²) >= 11 is 0. The van der Waals surface area contributed by atoms with Gasteiger partial charge in [0.1, 0.15) is 12.3 Å². The van der Waals surface area contributed by atoms with Crippen molar-refractivity contribution >= 4 is 12.2 Å². The van der Waals surface area contributed by atoms with Gasteiger partial charge >= 0.3 is 5.97 Å². The molecule has 0 aromatic carbocycles. The molecule has 0 atom stereocenters. The number of pyridine rings is 1. The molecule has 0 spiro atoms. The maximum absolute atomic E-state index is 10.8. The average Bonchev–Trinajstić information content (AvgIpc) is 2.34. The topological polar surface area (TPSA) is 92.0 Å². The van der Waals surface area contributed by atoms with Gasteiger partial charge in [0.25, 0.3) is 0 Å². The summed E-state index contributed by atoms with van der Waals surface area (Å²) in [5, 5.41) is 18.8. The number of hydrogen-bond donors (Lipinski definition) is 2. The first kappa shape index (κ1) is 13.1. The molecule has 0 saturated carbocycles. The number of nitrogens with zero attached hydrogens (tertiary/aromatic N) is 2. The third-order valence-electron chi connectivity index (χ3n) is 2.20. The molecule has 1 aromatic heterocycles. The fraction of sp³-hybridized carbons (Fsp3) is 0.364. The van der Waals surface area contributed by atoms with Crippen LogP contribution in [0.2, 0.25) is 0 Å². The molecule has 1 heterocycles. The standard InChI is InChI=1S/C11H14N2O4/c1-7-11(16)9(8(6-14)3-13-7)4-12-5-10(15)17-2/h3-4,14,16H,5-6H2,1-2H3. The van der Waals surface area contributed by atoms with E-state index in [1.54, 1.807) is 6.92 Å². The van der Waals surface area contributed by atoms with Gasteiger partial charge in [-0.3, -0.25) is 14.8 Å². The number of aliphatic hydroxyl groups excluding tert-OH is 1. The molecule has 0 saturated heterocycles. The molecule has 0 aliphatic heterocycles. The van der Waals surface area contributed by atoms with Crippen LogP contribution in [0.15, 0.2) is 11.2 Å². The summed E-state index contributed by atoms with van der Waals surface area (Å²) in [4.78, 5) is 18.6. The Labute approximate surface area is 98.6 Å². The third kappa shape index (κ3) is 3.25. The third-order valence-corrected chi connectivity index (χ3v) is 2.20. The monoisotopic (exact) mass is 238 g/mol. The molecule has 6 heteroatoms. The van der Waals surface area contributed by atoms with Crippen LogP contribution >= 0.6 is 0 Å². The van der Waals surface area contributed by atoms with Gasteiger partial charge in [-0.1, -0.05) is 0 Å². The lowest BCUT2D eigenvalue weighted by Gasteiger charge is -2.06. The molecule has 0 unspecified atom stereocenters. The number of ether oxygens (including phenoxy) is 1. The first-order valence-corrected chi connectivity index (χ1v) is 4.95. The molecule has 0 radical (unpaired) electrons. The molecule has 0 bridgehead atoms. The second kappa shape index (κ2) is 5.95. The fourth-order valence-electron chi connectivity index (χ4n) is 1.20. The zero-order chi connectivity index (χ0) is 12.8. The van der Waals surface area contributed by atoms with Crippen LogP contribution in [0, 0.1) is 6.92 Å². The molecule has 2 N–H and O–H groups in total. The molecule has 0 aliphatic rings. The van der Waals surface area contributed by atoms with Gasteiger partial charge in [-0.05, 0) is 6.92 Å². The number of aliphatic imine (C=N–C) groups is 1. The molecule has 1 aromatic rings. The lowest BCUT2D eigenvalue weighted by molar-refractivity contribution is -0.138. The summed E-state index contributed by atoms with van der Waals surface area (Å²) in [6.07, 6.45) is 2.78. The highest BCUT2D eigenvalue weighted by Gasteiger charge is 2.09. The second-order valence-corrected chi connectivity index (χ2v) is 3.34. The summed E-state index contributed by atoms with van der Waals surface area (Å²) in [5.41, 5.74) is 1.24. The van der Waals surface area contributed by atoms with Crippen LogP contribution in [-0.4, -0.2) is 41.0 Å². The van der Waals surface area contributed by atoms with Crippen molar-refractivity contribution in [1.29, 1.82) is 0 Å². The summed E-state index contributed by atoms with van der Waals surface area (Å²) in [5.74, 6) is -0.526. The van der Waals surface area contributed by atoms with Crippen LogP contribution in [0.4, 0.5) is 0 Å². The molecular formula is C11H14N2O4. The van der Waals surface area contributed by atoms with Gasteiger partial charge in [-0.25, -0.2) is 0 Å². The Balaban J connectivity index is 2.96. The number of rotatable bonds is 4. The molecule has 1 rings (SSSR count). The number of aliphatic hydroxyl groups is 1. The minimum Gasteiger partial charge on any atom is -0.505 e. The Morgan fingerprint density at radius 2 is 2.35 bits per heavy atom. The highest BCUT2D eigenvalue weighted by molar-refractivity contribution is 5.87. The molecule has 92 valence electrons. The fourth-order valence-corrected chi connectivity index (χ4v) is 1.20. The normalized spacial score (nSPS) is 10.8. The maximum atomic E-state index is 10.8. The highest BCUT2D eigenvalue weighted by Crippen LogP contribution is 2.21. The molecule has 17 heavy (non-hydrogen) atoms. The van der Waals surface area contributed by atoms with Crippen molar-refractivity contribution < 1.29 is 19.7 Å². The summed E-state index contributed by atoms with van der Waals surface area (Å²) in [6, 6.07) is 0. The smallest absolute Gasteiger partial charge is 0.327 e. The van der Waals surface area contributed by atoms with Crippen LogP contribution < -0.4 is 0 Å². The van der Waals surface area contributed by atoms with Crippen LogP contribution in [0.5, 0.6) is 5.75 Å². The average molecular weight is 238 g/mol. The van der Waals surface area contributed by atoms with Gasteiger partial charge in [0.05, 0.1) is 19.4 Å². The number of aryl methyl sites for hydroxylation is 1. The van der Waals surface area contributed by atoms with E-state index < -0.39 is 5.97 Å². The Kier molecular flexibility index (Phi) is 4.59. The SMILES string of the molecule is COC(=O)CN=Cc1c(CO)cnc(C)c1O. The molecule has 0 amide bonds. The van der Waals surface area contributed by atoms with E-state index in [1.165, 1.54) is 19.5 Å². The lowest BCUT2D eigenvalue weighted by atomic mass is 10.1. The lowest BCUT2D eigenvalue weighted by Crippen LogP contribution is -2.05. The zero-order valence-corrected chi connectivity index (χ0v) is 9.67. The van der Waals surface area contributed by atoms with Crippen LogP contribution in [0.3, 0.4) is 0 Å². The number of hydrogen-bond acceptors (Lipinski definition) is 6. The van der Waals surface area contributed by atoms with Gasteiger partial charge < -0.3 is 14.9 Å². The van der Waals surface area contributed by atoms with Gasteiger partial charge in [-0.2, -0.15) is 0 Å². The van der Waals surface area contributed by atoms with E-state index >= 15 is 0 Å².